The number of aliphatic hydroxyl groups excluding tert-OH is 2. The molecule has 3 rings (SSSR count). The summed E-state index contributed by atoms with van der Waals surface area (Å²) in [6.07, 6.45) is -3.64. The van der Waals surface area contributed by atoms with Gasteiger partial charge in [-0.3, -0.25) is 4.57 Å². The fourth-order valence-corrected chi connectivity index (χ4v) is 7.15. The van der Waals surface area contributed by atoms with Crippen LogP contribution in [-0.4, -0.2) is 99.9 Å². The van der Waals surface area contributed by atoms with E-state index in [4.69, 9.17) is 20.3 Å². The summed E-state index contributed by atoms with van der Waals surface area (Å²) in [4.78, 5) is 52.0. The van der Waals surface area contributed by atoms with Crippen molar-refractivity contribution in [2.24, 2.45) is 0 Å². The first kappa shape index (κ1) is 35.7. The summed E-state index contributed by atoms with van der Waals surface area (Å²) in [5.41, 5.74) is 6.01. The molecule has 0 saturated carbocycles. The number of imidazole rings is 1. The van der Waals surface area contributed by atoms with Crippen molar-refractivity contribution in [3.8, 4) is 0 Å². The van der Waals surface area contributed by atoms with Gasteiger partial charge < -0.3 is 53.9 Å². The van der Waals surface area contributed by atoms with Crippen molar-refractivity contribution in [1.82, 2.24) is 19.5 Å². The number of ether oxygens (including phenoxy) is 1. The maximum atomic E-state index is 11.9. The maximum Gasteiger partial charge on any atom is 1.00 e. The summed E-state index contributed by atoms with van der Waals surface area (Å²) >= 11 is 0. The molecule has 2 aromatic heterocycles. The van der Waals surface area contributed by atoms with Crippen LogP contribution in [0.15, 0.2) is 12.7 Å². The van der Waals surface area contributed by atoms with Gasteiger partial charge in [-0.1, -0.05) is 0 Å². The van der Waals surface area contributed by atoms with E-state index in [2.05, 4.69) is 23.8 Å². The van der Waals surface area contributed by atoms with Crippen LogP contribution >= 0.6 is 23.0 Å². The van der Waals surface area contributed by atoms with Gasteiger partial charge in [-0.2, -0.15) is 0 Å². The molecule has 17 nitrogen and oxygen atoms in total. The smallest absolute Gasteiger partial charge is 0.778 e. The summed E-state index contributed by atoms with van der Waals surface area (Å²) in [7, 11) is -16.3. The molecule has 1 radical (unpaired) electrons. The second-order valence-corrected chi connectivity index (χ2v) is 11.8. The van der Waals surface area contributed by atoms with Gasteiger partial charge in [-0.25, -0.2) is 23.8 Å². The van der Waals surface area contributed by atoms with E-state index in [9.17, 15) is 33.7 Å². The molecule has 1 aliphatic rings. The Kier molecular flexibility index (Phi) is 14.3. The molecule has 6 N–H and O–H groups in total. The molecule has 1 saturated heterocycles. The van der Waals surface area contributed by atoms with E-state index in [1.807, 2.05) is 0 Å². The van der Waals surface area contributed by atoms with Gasteiger partial charge in [-0.05, 0) is 0 Å². The van der Waals surface area contributed by atoms with Crippen LogP contribution in [0.2, 0.25) is 0 Å². The van der Waals surface area contributed by atoms with Gasteiger partial charge in [0.2, 0.25) is 0 Å². The van der Waals surface area contributed by atoms with Gasteiger partial charge in [0.25, 0.3) is 0 Å². The molecule has 0 aliphatic carbocycles. The monoisotopic (exact) mass is 572 g/mol. The summed E-state index contributed by atoms with van der Waals surface area (Å²) < 4.78 is 48.5. The Labute approximate surface area is 258 Å². The second-order valence-electron chi connectivity index (χ2n) is 6.36. The van der Waals surface area contributed by atoms with Crippen LogP contribution in [0.25, 0.3) is 11.2 Å². The van der Waals surface area contributed by atoms with E-state index in [0.717, 1.165) is 6.33 Å². The van der Waals surface area contributed by atoms with Gasteiger partial charge in [0.05, 0.1) is 18.8 Å². The molecule has 0 aromatic carbocycles. The predicted octanol–water partition coefficient (Wildman–Crippen LogP) is -9.15. The molecule has 0 bridgehead atoms. The first-order valence-electron chi connectivity index (χ1n) is 8.15. The van der Waals surface area contributed by atoms with Gasteiger partial charge in [-0.15, -0.1) is 0 Å². The average Bonchev–Trinajstić information content (AvgIpc) is 3.13. The third-order valence-corrected chi connectivity index (χ3v) is 9.17. The second kappa shape index (κ2) is 13.7. The molecule has 6 atom stereocenters. The normalized spacial score (nSPS) is 25.9. The number of fused-ring (bicyclic) bond motifs is 1. The molecule has 1 aliphatic heterocycles. The first-order valence-corrected chi connectivity index (χ1v) is 13.1. The molecule has 1 fully saturated rings. The minimum absolute atomic E-state index is 0. The van der Waals surface area contributed by atoms with Crippen molar-refractivity contribution in [3.63, 3.8) is 0 Å². The topological polar surface area (TPSA) is 276 Å². The minimum Gasteiger partial charge on any atom is -0.778 e. The van der Waals surface area contributed by atoms with Crippen LogP contribution in [-0.2, 0) is 27.3 Å². The maximum absolute atomic E-state index is 11.9. The number of aliphatic hydroxyl groups is 2. The minimum atomic E-state index is -5.51. The third kappa shape index (κ3) is 9.16. The van der Waals surface area contributed by atoms with Crippen molar-refractivity contribution >= 4 is 69.6 Å². The average molecular weight is 572 g/mol. The van der Waals surface area contributed by atoms with E-state index >= 15 is 0 Å². The number of nitrogens with two attached hydrogens (primary N) is 1. The van der Waals surface area contributed by atoms with Crippen LogP contribution in [0.3, 0.4) is 0 Å². The molecular weight excluding hydrogens is 556 g/mol. The summed E-state index contributed by atoms with van der Waals surface area (Å²) in [6.45, 7) is -0.921. The van der Waals surface area contributed by atoms with Crippen LogP contribution in [0.5, 0.6) is 0 Å². The number of nitrogens with zero attached hydrogens (tertiary/aromatic N) is 4. The van der Waals surface area contributed by atoms with Crippen molar-refractivity contribution in [2.75, 3.05) is 18.2 Å². The molecule has 0 amide bonds. The first-order chi connectivity index (χ1) is 14.2. The Hall–Kier alpha value is 1.68. The van der Waals surface area contributed by atoms with Crippen molar-refractivity contribution < 1.29 is 116 Å². The number of phosphoric acid groups is 1. The third-order valence-electron chi connectivity index (χ3n) is 4.01. The molecule has 2 aromatic rings. The summed E-state index contributed by atoms with van der Waals surface area (Å²) in [5, 5.41) is 20.4. The van der Waals surface area contributed by atoms with Crippen molar-refractivity contribution in [2.45, 2.75) is 24.5 Å². The van der Waals surface area contributed by atoms with Gasteiger partial charge in [0, 0.05) is 29.6 Å². The van der Waals surface area contributed by atoms with Crippen LogP contribution in [0.1, 0.15) is 6.23 Å². The largest absolute Gasteiger partial charge is 1.00 e. The Bertz CT molecular complexity index is 1120. The Morgan fingerprint density at radius 3 is 2.29 bits per heavy atom. The molecule has 3 heterocycles. The van der Waals surface area contributed by atoms with Gasteiger partial charge in [0.15, 0.2) is 25.3 Å². The standard InChI is InChI=1S/C11H18N5O12P3.3Na/c12-9-6-10(14-2-13-9)16(3-15-6)11-8(18)7(17)5(27-11)1-26-29(19,20)4-30(21,22)28-31(23,24)25;;;/h2-3,5,7-8,11,17-18H,1,4H2,(H,19,20)(H,21,22)(H2,12,13,14)(H2,23,24,25);;;/q;;2*+1/p-2/t5-,7-,8-,11-;;;/m1.../s1. The Balaban J connectivity index is 0.00000363. The number of nitrogen functional groups attached to an aromatic ring is 1. The molecule has 2 unspecified atom stereocenters. The number of aromatic nitrogens is 4. The SMILES string of the molecule is Nc1ncnc2c1ncn2[C@@H]1O[C@H](COP(=O)([O-])CP(=O)([O-])OP(=O)(O)O)[C@@H](O)[C@H]1O.[Na+].[Na+].[Na]. The molecule has 23 heteroatoms. The fourth-order valence-electron chi connectivity index (χ4n) is 2.78. The number of rotatable bonds is 8. The van der Waals surface area contributed by atoms with Gasteiger partial charge >= 0.3 is 66.9 Å². The van der Waals surface area contributed by atoms with Crippen molar-refractivity contribution in [1.29, 1.82) is 0 Å². The summed E-state index contributed by atoms with van der Waals surface area (Å²) in [6, 6.07) is 0. The number of hydrogen-bond acceptors (Lipinski definition) is 14. The van der Waals surface area contributed by atoms with E-state index in [1.165, 1.54) is 10.9 Å². The van der Waals surface area contributed by atoms with Crippen LogP contribution in [0.4, 0.5) is 5.82 Å². The predicted molar refractivity (Wildman–Crippen MR) is 101 cm³/mol. The van der Waals surface area contributed by atoms with Crippen LogP contribution in [0, 0.1) is 0 Å². The Morgan fingerprint density at radius 2 is 1.71 bits per heavy atom. The van der Waals surface area contributed by atoms with Gasteiger partial charge in [0.1, 0.15) is 37.8 Å². The number of anilines is 1. The van der Waals surface area contributed by atoms with E-state index in [1.54, 1.807) is 0 Å². The van der Waals surface area contributed by atoms with E-state index in [-0.39, 0.29) is 106 Å². The van der Waals surface area contributed by atoms with Crippen LogP contribution < -0.4 is 74.6 Å². The molecule has 34 heavy (non-hydrogen) atoms. The fraction of sp³-hybridized carbons (Fsp3) is 0.545. The van der Waals surface area contributed by atoms with Crippen molar-refractivity contribution in [3.05, 3.63) is 12.7 Å². The zero-order valence-electron chi connectivity index (χ0n) is 18.1. The molecular formula is C11H16N5Na3O12P3. The molecule has 0 spiro atoms. The quantitative estimate of drug-likeness (QED) is 0.145. The zero-order chi connectivity index (χ0) is 23.2. The van der Waals surface area contributed by atoms with E-state index in [0.29, 0.717) is 0 Å². The number of hydrogen-bond donors (Lipinski definition) is 5. The molecule has 175 valence electrons. The Morgan fingerprint density at radius 1 is 1.09 bits per heavy atom. The van der Waals surface area contributed by atoms with E-state index < -0.39 is 60.1 Å². The summed E-state index contributed by atoms with van der Waals surface area (Å²) in [5.74, 6) is -1.81. The zero-order valence-corrected chi connectivity index (χ0v) is 26.8.